The van der Waals surface area contributed by atoms with Crippen molar-refractivity contribution >= 4 is 5.91 Å². The van der Waals surface area contributed by atoms with Gasteiger partial charge in [0.25, 0.3) is 0 Å². The number of carbonyl (C=O) groups excluding carboxylic acids is 1. The fraction of sp³-hybridized carbons (Fsp3) is 0.778. The second-order valence-corrected chi connectivity index (χ2v) is 7.26. The van der Waals surface area contributed by atoms with Gasteiger partial charge in [0.2, 0.25) is 5.91 Å². The SMILES string of the molecule is COCCN(Cc1c(C)nn(C)c1C)C(=O)C1CC2CCN1CC2. The van der Waals surface area contributed by atoms with Crippen molar-refractivity contribution < 1.29 is 9.53 Å². The highest BCUT2D eigenvalue weighted by molar-refractivity contribution is 5.82. The van der Waals surface area contributed by atoms with Crippen LogP contribution in [0.3, 0.4) is 0 Å². The molecule has 6 nitrogen and oxygen atoms in total. The van der Waals surface area contributed by atoms with Crippen molar-refractivity contribution in [2.75, 3.05) is 33.4 Å². The first-order valence-electron chi connectivity index (χ1n) is 9.02. The number of methoxy groups -OCH3 is 1. The minimum absolute atomic E-state index is 0.0617. The number of hydrogen-bond acceptors (Lipinski definition) is 4. The van der Waals surface area contributed by atoms with Gasteiger partial charge in [-0.1, -0.05) is 0 Å². The molecular formula is C18H30N4O2. The molecule has 4 heterocycles. The Labute approximate surface area is 144 Å². The van der Waals surface area contributed by atoms with E-state index >= 15 is 0 Å². The number of carbonyl (C=O) groups is 1. The van der Waals surface area contributed by atoms with Crippen molar-refractivity contribution in [2.24, 2.45) is 13.0 Å². The predicted molar refractivity (Wildman–Crippen MR) is 92.7 cm³/mol. The maximum absolute atomic E-state index is 13.2. The Hall–Kier alpha value is -1.40. The number of nitrogens with zero attached hydrogens (tertiary/aromatic N) is 4. The summed E-state index contributed by atoms with van der Waals surface area (Å²) < 4.78 is 7.15. The molecule has 6 heteroatoms. The number of hydrogen-bond donors (Lipinski definition) is 0. The molecule has 0 saturated carbocycles. The normalized spacial score (nSPS) is 25.9. The van der Waals surface area contributed by atoms with Crippen LogP contribution >= 0.6 is 0 Å². The summed E-state index contributed by atoms with van der Waals surface area (Å²) in [4.78, 5) is 17.6. The minimum atomic E-state index is 0.0617. The standard InChI is InChI=1S/C18H30N4O2/c1-13-16(14(2)20(3)19-13)12-22(9-10-24-4)18(23)17-11-15-5-7-21(17)8-6-15/h15,17H,5-12H2,1-4H3. The Morgan fingerprint density at radius 2 is 2.04 bits per heavy atom. The topological polar surface area (TPSA) is 50.6 Å². The second kappa shape index (κ2) is 7.23. The molecule has 0 N–H and O–H groups in total. The van der Waals surface area contributed by atoms with Crippen LogP contribution in [0.25, 0.3) is 0 Å². The average molecular weight is 334 g/mol. The minimum Gasteiger partial charge on any atom is -0.383 e. The molecule has 1 aromatic rings. The van der Waals surface area contributed by atoms with Crippen LogP contribution in [-0.4, -0.2) is 64.9 Å². The van der Waals surface area contributed by atoms with Gasteiger partial charge in [-0.25, -0.2) is 0 Å². The number of amides is 1. The zero-order chi connectivity index (χ0) is 17.3. The van der Waals surface area contributed by atoms with Crippen molar-refractivity contribution in [1.82, 2.24) is 19.6 Å². The van der Waals surface area contributed by atoms with Crippen LogP contribution in [0.5, 0.6) is 0 Å². The van der Waals surface area contributed by atoms with Gasteiger partial charge in [-0.2, -0.15) is 5.10 Å². The first kappa shape index (κ1) is 17.4. The van der Waals surface area contributed by atoms with E-state index < -0.39 is 0 Å². The molecule has 1 amide bonds. The Morgan fingerprint density at radius 3 is 2.54 bits per heavy atom. The molecule has 3 aliphatic heterocycles. The first-order chi connectivity index (χ1) is 11.5. The van der Waals surface area contributed by atoms with Crippen LogP contribution in [0.15, 0.2) is 0 Å². The van der Waals surface area contributed by atoms with Crippen molar-refractivity contribution in [3.05, 3.63) is 17.0 Å². The molecule has 3 saturated heterocycles. The van der Waals surface area contributed by atoms with Crippen LogP contribution in [0.1, 0.15) is 36.2 Å². The van der Waals surface area contributed by atoms with Crippen LogP contribution in [0, 0.1) is 19.8 Å². The third kappa shape index (κ3) is 3.35. The summed E-state index contributed by atoms with van der Waals surface area (Å²) in [6, 6.07) is 0.0617. The smallest absolute Gasteiger partial charge is 0.240 e. The van der Waals surface area contributed by atoms with E-state index in [1.807, 2.05) is 23.6 Å². The van der Waals surface area contributed by atoms with E-state index in [4.69, 9.17) is 4.74 Å². The molecule has 1 atom stereocenters. The largest absolute Gasteiger partial charge is 0.383 e. The summed E-state index contributed by atoms with van der Waals surface area (Å²) >= 11 is 0. The Balaban J connectivity index is 1.77. The van der Waals surface area contributed by atoms with Crippen LogP contribution in [0.4, 0.5) is 0 Å². The fourth-order valence-corrected chi connectivity index (χ4v) is 4.14. The summed E-state index contributed by atoms with van der Waals surface area (Å²) in [6.07, 6.45) is 3.53. The maximum Gasteiger partial charge on any atom is 0.240 e. The van der Waals surface area contributed by atoms with E-state index in [1.165, 1.54) is 12.8 Å². The zero-order valence-corrected chi connectivity index (χ0v) is 15.4. The second-order valence-electron chi connectivity index (χ2n) is 7.26. The third-order valence-corrected chi connectivity index (χ3v) is 5.82. The Bertz CT molecular complexity index is 590. The lowest BCUT2D eigenvalue weighted by Gasteiger charge is -2.45. The highest BCUT2D eigenvalue weighted by atomic mass is 16.5. The van der Waals surface area contributed by atoms with Gasteiger partial charge in [0.1, 0.15) is 0 Å². The van der Waals surface area contributed by atoms with E-state index in [-0.39, 0.29) is 11.9 Å². The summed E-state index contributed by atoms with van der Waals surface area (Å²) in [7, 11) is 3.65. The fourth-order valence-electron chi connectivity index (χ4n) is 4.14. The maximum atomic E-state index is 13.2. The molecule has 1 aromatic heterocycles. The van der Waals surface area contributed by atoms with Crippen molar-refractivity contribution in [1.29, 1.82) is 0 Å². The first-order valence-corrected chi connectivity index (χ1v) is 9.02. The molecule has 0 aliphatic carbocycles. The molecule has 4 rings (SSSR count). The van der Waals surface area contributed by atoms with Gasteiger partial charge in [0.15, 0.2) is 0 Å². The zero-order valence-electron chi connectivity index (χ0n) is 15.4. The lowest BCUT2D eigenvalue weighted by Crippen LogP contribution is -2.56. The predicted octanol–water partition coefficient (Wildman–Crippen LogP) is 1.50. The summed E-state index contributed by atoms with van der Waals surface area (Å²) in [5.74, 6) is 0.995. The number of piperidine rings is 3. The lowest BCUT2D eigenvalue weighted by molar-refractivity contribution is -0.142. The van der Waals surface area contributed by atoms with Crippen LogP contribution in [0.2, 0.25) is 0 Å². The van der Waals surface area contributed by atoms with Gasteiger partial charge in [0, 0.05) is 38.5 Å². The summed E-state index contributed by atoms with van der Waals surface area (Å²) in [5, 5.41) is 4.49. The lowest BCUT2D eigenvalue weighted by atomic mass is 9.83. The third-order valence-electron chi connectivity index (χ3n) is 5.82. The van der Waals surface area contributed by atoms with Gasteiger partial charge < -0.3 is 9.64 Å². The van der Waals surface area contributed by atoms with E-state index in [0.29, 0.717) is 19.7 Å². The van der Waals surface area contributed by atoms with Gasteiger partial charge in [0.05, 0.1) is 18.3 Å². The number of aryl methyl sites for hydroxylation is 2. The monoisotopic (exact) mass is 334 g/mol. The van der Waals surface area contributed by atoms with Gasteiger partial charge in [-0.05, 0) is 52.1 Å². The molecule has 1 unspecified atom stereocenters. The number of fused-ring (bicyclic) bond motifs is 3. The van der Waals surface area contributed by atoms with E-state index in [1.54, 1.807) is 7.11 Å². The molecular weight excluding hydrogens is 304 g/mol. The van der Waals surface area contributed by atoms with Crippen molar-refractivity contribution in [3.8, 4) is 0 Å². The quantitative estimate of drug-likeness (QED) is 0.791. The van der Waals surface area contributed by atoms with E-state index in [9.17, 15) is 4.79 Å². The molecule has 134 valence electrons. The van der Waals surface area contributed by atoms with Crippen molar-refractivity contribution in [2.45, 2.75) is 45.7 Å². The van der Waals surface area contributed by atoms with Gasteiger partial charge >= 0.3 is 0 Å². The molecule has 0 spiro atoms. The molecule has 3 fully saturated rings. The van der Waals surface area contributed by atoms with Crippen LogP contribution in [-0.2, 0) is 23.1 Å². The molecule has 0 aromatic carbocycles. The highest BCUT2D eigenvalue weighted by Gasteiger charge is 2.39. The highest BCUT2D eigenvalue weighted by Crippen LogP contribution is 2.33. The number of aromatic nitrogens is 2. The number of ether oxygens (including phenoxy) is 1. The van der Waals surface area contributed by atoms with Crippen molar-refractivity contribution in [3.63, 3.8) is 0 Å². The van der Waals surface area contributed by atoms with E-state index in [0.717, 1.165) is 42.4 Å². The Kier molecular flexibility index (Phi) is 5.25. The van der Waals surface area contributed by atoms with Gasteiger partial charge in [-0.3, -0.25) is 14.4 Å². The average Bonchev–Trinajstić information content (AvgIpc) is 2.84. The number of rotatable bonds is 6. The molecule has 0 radical (unpaired) electrons. The summed E-state index contributed by atoms with van der Waals surface area (Å²) in [6.45, 7) is 8.07. The molecule has 2 bridgehead atoms. The van der Waals surface area contributed by atoms with E-state index in [2.05, 4.69) is 16.9 Å². The van der Waals surface area contributed by atoms with Gasteiger partial charge in [-0.15, -0.1) is 0 Å². The molecule has 3 aliphatic rings. The van der Waals surface area contributed by atoms with Crippen LogP contribution < -0.4 is 0 Å². The summed E-state index contributed by atoms with van der Waals surface area (Å²) in [5.41, 5.74) is 3.31. The Morgan fingerprint density at radius 1 is 1.33 bits per heavy atom. The molecule has 24 heavy (non-hydrogen) atoms.